The minimum absolute atomic E-state index is 0.601. The van der Waals surface area contributed by atoms with Gasteiger partial charge in [-0.05, 0) is 48.9 Å². The van der Waals surface area contributed by atoms with Gasteiger partial charge in [0.05, 0.1) is 9.98 Å². The molecule has 1 aromatic heterocycles. The smallest absolute Gasteiger partial charge is 0.183 e. The van der Waals surface area contributed by atoms with Gasteiger partial charge in [-0.3, -0.25) is 0 Å². The predicted octanol–water partition coefficient (Wildman–Crippen LogP) is 2.41. The van der Waals surface area contributed by atoms with Crippen LogP contribution in [-0.4, -0.2) is 36.1 Å². The van der Waals surface area contributed by atoms with E-state index in [0.29, 0.717) is 6.04 Å². The summed E-state index contributed by atoms with van der Waals surface area (Å²) in [4.78, 5) is 6.65. The largest absolute Gasteiger partial charge is 0.359 e. The molecule has 0 saturated carbocycles. The third-order valence-electron chi connectivity index (χ3n) is 2.52. The molecule has 0 spiro atoms. The second-order valence-corrected chi connectivity index (χ2v) is 6.10. The number of nitrogens with one attached hydrogen (secondary N) is 1. The topological polar surface area (TPSA) is 28.2 Å². The Bertz CT molecular complexity index is 294. The molecule has 1 saturated heterocycles. The van der Waals surface area contributed by atoms with Crippen LogP contribution in [0.4, 0.5) is 5.13 Å². The Morgan fingerprint density at radius 3 is 2.86 bits per heavy atom. The highest BCUT2D eigenvalue weighted by Gasteiger charge is 2.16. The lowest BCUT2D eigenvalue weighted by molar-refractivity contribution is 0.264. The van der Waals surface area contributed by atoms with E-state index in [-0.39, 0.29) is 0 Å². The summed E-state index contributed by atoms with van der Waals surface area (Å²) in [5.74, 6) is 0. The summed E-state index contributed by atoms with van der Waals surface area (Å²) >= 11 is 5.08. The van der Waals surface area contributed by atoms with Crippen LogP contribution in [-0.2, 0) is 0 Å². The third-order valence-corrected chi connectivity index (χ3v) is 3.93. The maximum atomic E-state index is 4.28. The van der Waals surface area contributed by atoms with E-state index >= 15 is 0 Å². The Morgan fingerprint density at radius 2 is 2.29 bits per heavy atom. The van der Waals surface area contributed by atoms with Gasteiger partial charge in [-0.2, -0.15) is 0 Å². The molecule has 1 aromatic rings. The number of thiazole rings is 1. The maximum absolute atomic E-state index is 4.28. The van der Waals surface area contributed by atoms with Crippen molar-refractivity contribution in [1.82, 2.24) is 9.88 Å². The van der Waals surface area contributed by atoms with Crippen molar-refractivity contribution >= 4 is 32.4 Å². The minimum atomic E-state index is 0.601. The molecule has 0 aromatic carbocycles. The third kappa shape index (κ3) is 2.68. The molecule has 0 unspecified atom stereocenters. The first kappa shape index (κ1) is 10.4. The number of likely N-dealkylation sites (tertiary alicyclic amines) is 1. The minimum Gasteiger partial charge on any atom is -0.359 e. The van der Waals surface area contributed by atoms with Crippen molar-refractivity contribution in [3.8, 4) is 0 Å². The van der Waals surface area contributed by atoms with E-state index in [4.69, 9.17) is 0 Å². The molecular formula is C9H14BrN3S. The van der Waals surface area contributed by atoms with Crippen LogP contribution in [0.3, 0.4) is 0 Å². The van der Waals surface area contributed by atoms with Crippen LogP contribution in [0.5, 0.6) is 0 Å². The molecule has 0 aliphatic carbocycles. The lowest BCUT2D eigenvalue weighted by atomic mass is 10.1. The maximum Gasteiger partial charge on any atom is 0.183 e. The molecule has 0 amide bonds. The molecule has 3 nitrogen and oxygen atoms in total. The van der Waals surface area contributed by atoms with Gasteiger partial charge in [-0.1, -0.05) is 11.3 Å². The fourth-order valence-electron chi connectivity index (χ4n) is 1.65. The fraction of sp³-hybridized carbons (Fsp3) is 0.667. The average molecular weight is 276 g/mol. The van der Waals surface area contributed by atoms with E-state index in [2.05, 4.69) is 38.2 Å². The number of rotatable bonds is 2. The summed E-state index contributed by atoms with van der Waals surface area (Å²) in [6.45, 7) is 2.37. The highest BCUT2D eigenvalue weighted by Crippen LogP contribution is 2.25. The van der Waals surface area contributed by atoms with Crippen LogP contribution in [0, 0.1) is 0 Å². The lowest BCUT2D eigenvalue weighted by Crippen LogP contribution is -2.36. The Balaban J connectivity index is 1.86. The molecule has 2 heterocycles. The van der Waals surface area contributed by atoms with Gasteiger partial charge in [-0.25, -0.2) is 4.98 Å². The molecule has 5 heteroatoms. The first-order valence-electron chi connectivity index (χ1n) is 4.80. The van der Waals surface area contributed by atoms with Gasteiger partial charge in [0, 0.05) is 6.04 Å². The number of nitrogens with zero attached hydrogens (tertiary/aromatic N) is 2. The number of hydrogen-bond acceptors (Lipinski definition) is 4. The van der Waals surface area contributed by atoms with Gasteiger partial charge in [0.2, 0.25) is 0 Å². The molecule has 14 heavy (non-hydrogen) atoms. The van der Waals surface area contributed by atoms with E-state index in [1.807, 2.05) is 6.20 Å². The first-order valence-corrected chi connectivity index (χ1v) is 6.41. The van der Waals surface area contributed by atoms with Crippen molar-refractivity contribution in [3.05, 3.63) is 9.98 Å². The van der Waals surface area contributed by atoms with Crippen LogP contribution in [0.15, 0.2) is 9.98 Å². The molecule has 1 aliphatic heterocycles. The summed E-state index contributed by atoms with van der Waals surface area (Å²) in [6, 6.07) is 0.601. The van der Waals surface area contributed by atoms with E-state index < -0.39 is 0 Å². The number of aromatic nitrogens is 1. The predicted molar refractivity (Wildman–Crippen MR) is 64.0 cm³/mol. The highest BCUT2D eigenvalue weighted by atomic mass is 79.9. The molecule has 1 aliphatic rings. The number of anilines is 1. The zero-order valence-electron chi connectivity index (χ0n) is 8.16. The second-order valence-electron chi connectivity index (χ2n) is 3.69. The van der Waals surface area contributed by atoms with Crippen LogP contribution in [0.1, 0.15) is 12.8 Å². The number of hydrogen-bond donors (Lipinski definition) is 1. The molecule has 1 N–H and O–H groups in total. The standard InChI is InChI=1S/C9H14BrN3S/c1-13-4-2-7(3-5-13)12-9-11-6-8(10)14-9/h6-7H,2-5H2,1H3,(H,11,12). The van der Waals surface area contributed by atoms with Crippen molar-refractivity contribution in [2.75, 3.05) is 25.5 Å². The second kappa shape index (κ2) is 4.59. The van der Waals surface area contributed by atoms with Crippen molar-refractivity contribution in [1.29, 1.82) is 0 Å². The molecular weight excluding hydrogens is 262 g/mol. The van der Waals surface area contributed by atoms with Gasteiger partial charge < -0.3 is 10.2 Å². The summed E-state index contributed by atoms with van der Waals surface area (Å²) < 4.78 is 1.09. The number of halogens is 1. The van der Waals surface area contributed by atoms with E-state index in [9.17, 15) is 0 Å². The van der Waals surface area contributed by atoms with Gasteiger partial charge in [0.1, 0.15) is 0 Å². The fourth-order valence-corrected chi connectivity index (χ4v) is 2.83. The zero-order valence-corrected chi connectivity index (χ0v) is 10.6. The average Bonchev–Trinajstić information content (AvgIpc) is 2.56. The van der Waals surface area contributed by atoms with Crippen molar-refractivity contribution in [2.45, 2.75) is 18.9 Å². The normalized spacial score (nSPS) is 19.9. The van der Waals surface area contributed by atoms with Crippen LogP contribution < -0.4 is 5.32 Å². The molecule has 78 valence electrons. The quantitative estimate of drug-likeness (QED) is 0.899. The summed E-state index contributed by atoms with van der Waals surface area (Å²) in [6.07, 6.45) is 4.28. The Morgan fingerprint density at radius 1 is 1.57 bits per heavy atom. The molecule has 0 atom stereocenters. The van der Waals surface area contributed by atoms with E-state index in [1.165, 1.54) is 25.9 Å². The Labute approximate surface area is 96.7 Å². The number of piperidine rings is 1. The summed E-state index contributed by atoms with van der Waals surface area (Å²) in [5, 5.41) is 4.51. The monoisotopic (exact) mass is 275 g/mol. The van der Waals surface area contributed by atoms with Crippen LogP contribution in [0.2, 0.25) is 0 Å². The summed E-state index contributed by atoms with van der Waals surface area (Å²) in [5.41, 5.74) is 0. The van der Waals surface area contributed by atoms with Gasteiger partial charge in [-0.15, -0.1) is 0 Å². The first-order chi connectivity index (χ1) is 6.74. The molecule has 0 radical (unpaired) electrons. The Hall–Kier alpha value is -0.130. The summed E-state index contributed by atoms with van der Waals surface area (Å²) in [7, 11) is 2.18. The van der Waals surface area contributed by atoms with Gasteiger partial charge in [0.25, 0.3) is 0 Å². The SMILES string of the molecule is CN1CCC(Nc2ncc(Br)s2)CC1. The van der Waals surface area contributed by atoms with Gasteiger partial charge in [0.15, 0.2) is 5.13 Å². The Kier molecular flexibility index (Phi) is 3.41. The molecule has 1 fully saturated rings. The van der Waals surface area contributed by atoms with Crippen molar-refractivity contribution in [3.63, 3.8) is 0 Å². The van der Waals surface area contributed by atoms with Crippen LogP contribution >= 0.6 is 27.3 Å². The van der Waals surface area contributed by atoms with E-state index in [0.717, 1.165) is 8.92 Å². The van der Waals surface area contributed by atoms with E-state index in [1.54, 1.807) is 11.3 Å². The molecule has 0 bridgehead atoms. The zero-order chi connectivity index (χ0) is 9.97. The van der Waals surface area contributed by atoms with Crippen molar-refractivity contribution < 1.29 is 0 Å². The van der Waals surface area contributed by atoms with Crippen LogP contribution in [0.25, 0.3) is 0 Å². The van der Waals surface area contributed by atoms with Gasteiger partial charge >= 0.3 is 0 Å². The molecule has 2 rings (SSSR count). The lowest BCUT2D eigenvalue weighted by Gasteiger charge is -2.29. The van der Waals surface area contributed by atoms with Crippen molar-refractivity contribution in [2.24, 2.45) is 0 Å². The highest BCUT2D eigenvalue weighted by molar-refractivity contribution is 9.11.